The summed E-state index contributed by atoms with van der Waals surface area (Å²) in [5.41, 5.74) is 2.95. The van der Waals surface area contributed by atoms with Gasteiger partial charge in [0, 0.05) is 24.7 Å². The molecule has 0 spiro atoms. The van der Waals surface area contributed by atoms with Gasteiger partial charge in [0.2, 0.25) is 0 Å². The molecule has 1 aromatic heterocycles. The minimum absolute atomic E-state index is 0.0282. The van der Waals surface area contributed by atoms with E-state index in [-0.39, 0.29) is 11.8 Å². The molecule has 1 aliphatic heterocycles. The molecule has 6 heteroatoms. The van der Waals surface area contributed by atoms with E-state index in [2.05, 4.69) is 46.9 Å². The number of carboxylic acid groups (broad SMARTS) is 1. The van der Waals surface area contributed by atoms with E-state index in [0.29, 0.717) is 24.9 Å². The first-order chi connectivity index (χ1) is 15.6. The smallest absolute Gasteiger partial charge is 0.335 e. The summed E-state index contributed by atoms with van der Waals surface area (Å²) in [6.45, 7) is 8.41. The Hall–Kier alpha value is -2.83. The number of carboxylic acids is 1. The summed E-state index contributed by atoms with van der Waals surface area (Å²) in [5, 5.41) is 10.3. The summed E-state index contributed by atoms with van der Waals surface area (Å²) in [6, 6.07) is 15.2. The van der Waals surface area contributed by atoms with Gasteiger partial charge in [0.05, 0.1) is 11.1 Å². The highest BCUT2D eigenvalue weighted by Gasteiger charge is 2.24. The molecule has 1 saturated heterocycles. The van der Waals surface area contributed by atoms with Gasteiger partial charge < -0.3 is 19.1 Å². The van der Waals surface area contributed by atoms with E-state index in [1.54, 1.807) is 24.3 Å². The zero-order chi connectivity index (χ0) is 22.5. The minimum atomic E-state index is -0.921. The third-order valence-corrected chi connectivity index (χ3v) is 6.38. The van der Waals surface area contributed by atoms with Crippen molar-refractivity contribution in [3.8, 4) is 5.75 Å². The van der Waals surface area contributed by atoms with Crippen LogP contribution in [0.25, 0.3) is 10.9 Å². The van der Waals surface area contributed by atoms with E-state index in [4.69, 9.17) is 14.6 Å². The molecule has 1 fully saturated rings. The van der Waals surface area contributed by atoms with Crippen LogP contribution < -0.4 is 4.74 Å². The molecule has 3 aromatic rings. The van der Waals surface area contributed by atoms with Crippen molar-refractivity contribution < 1.29 is 19.4 Å². The number of hydrogen-bond donors (Lipinski definition) is 1. The summed E-state index contributed by atoms with van der Waals surface area (Å²) < 4.78 is 13.9. The molecule has 0 saturated carbocycles. The van der Waals surface area contributed by atoms with Crippen molar-refractivity contribution in [2.75, 3.05) is 32.8 Å². The zero-order valence-corrected chi connectivity index (χ0v) is 18.9. The van der Waals surface area contributed by atoms with Gasteiger partial charge in [-0.05, 0) is 81.6 Å². The van der Waals surface area contributed by atoms with Crippen molar-refractivity contribution in [1.29, 1.82) is 0 Å². The maximum absolute atomic E-state index is 10.9. The van der Waals surface area contributed by atoms with Crippen LogP contribution in [0.5, 0.6) is 5.75 Å². The number of aromatic carboxylic acids is 1. The number of ether oxygens (including phenoxy) is 2. The predicted molar refractivity (Wildman–Crippen MR) is 126 cm³/mol. The van der Waals surface area contributed by atoms with Gasteiger partial charge in [-0.1, -0.05) is 18.2 Å². The topological polar surface area (TPSA) is 63.9 Å². The van der Waals surface area contributed by atoms with Crippen molar-refractivity contribution in [3.05, 3.63) is 65.9 Å². The van der Waals surface area contributed by atoms with Gasteiger partial charge >= 0.3 is 5.97 Å². The van der Waals surface area contributed by atoms with E-state index < -0.39 is 5.97 Å². The number of fused-ring (bicyclic) bond motifs is 1. The van der Waals surface area contributed by atoms with Crippen molar-refractivity contribution in [1.82, 2.24) is 9.47 Å². The number of carbonyl (C=O) groups is 1. The highest BCUT2D eigenvalue weighted by Crippen LogP contribution is 2.35. The van der Waals surface area contributed by atoms with Gasteiger partial charge in [-0.15, -0.1) is 0 Å². The van der Waals surface area contributed by atoms with Crippen LogP contribution in [-0.4, -0.2) is 53.4 Å². The molecule has 170 valence electrons. The standard InChI is InChI=1S/C26H32N2O4/c1-3-31-19(2)28-18-24(23-6-4-5-7-25(23)28)20-12-14-27(15-13-20)16-17-32-22-10-8-21(9-11-22)26(29)30/h4-11,18-20H,3,12-17H2,1-2H3,(H,29,30). The van der Waals surface area contributed by atoms with Crippen LogP contribution >= 0.6 is 0 Å². The maximum Gasteiger partial charge on any atom is 0.335 e. The Kier molecular flexibility index (Phi) is 7.12. The van der Waals surface area contributed by atoms with E-state index in [9.17, 15) is 4.79 Å². The Morgan fingerprint density at radius 1 is 1.12 bits per heavy atom. The molecule has 2 aromatic carbocycles. The van der Waals surface area contributed by atoms with Crippen LogP contribution in [0.3, 0.4) is 0 Å². The number of benzene rings is 2. The first-order valence-corrected chi connectivity index (χ1v) is 11.5. The molecule has 1 atom stereocenters. The van der Waals surface area contributed by atoms with Gasteiger partial charge in [-0.3, -0.25) is 4.90 Å². The Morgan fingerprint density at radius 3 is 2.53 bits per heavy atom. The monoisotopic (exact) mass is 436 g/mol. The fourth-order valence-corrected chi connectivity index (χ4v) is 4.63. The Balaban J connectivity index is 1.33. The molecular formula is C26H32N2O4. The average molecular weight is 437 g/mol. The highest BCUT2D eigenvalue weighted by molar-refractivity contribution is 5.87. The molecule has 0 amide bonds. The second-order valence-corrected chi connectivity index (χ2v) is 8.36. The number of para-hydroxylation sites is 1. The molecular weight excluding hydrogens is 404 g/mol. The fraction of sp³-hybridized carbons (Fsp3) is 0.423. The van der Waals surface area contributed by atoms with Crippen LogP contribution in [0, 0.1) is 0 Å². The van der Waals surface area contributed by atoms with E-state index in [0.717, 1.165) is 32.5 Å². The van der Waals surface area contributed by atoms with Gasteiger partial charge in [0.15, 0.2) is 0 Å². The maximum atomic E-state index is 10.9. The molecule has 32 heavy (non-hydrogen) atoms. The normalized spacial score (nSPS) is 16.3. The number of hydrogen-bond acceptors (Lipinski definition) is 4. The van der Waals surface area contributed by atoms with Crippen LogP contribution in [0.15, 0.2) is 54.7 Å². The quantitative estimate of drug-likeness (QED) is 0.502. The van der Waals surface area contributed by atoms with E-state index in [1.165, 1.54) is 16.5 Å². The summed E-state index contributed by atoms with van der Waals surface area (Å²) in [7, 11) is 0. The zero-order valence-electron chi connectivity index (χ0n) is 18.9. The number of rotatable bonds is 9. The van der Waals surface area contributed by atoms with Crippen molar-refractivity contribution >= 4 is 16.9 Å². The molecule has 0 radical (unpaired) electrons. The average Bonchev–Trinajstić information content (AvgIpc) is 3.20. The molecule has 0 bridgehead atoms. The van der Waals surface area contributed by atoms with Gasteiger partial charge in [0.1, 0.15) is 18.6 Å². The molecule has 2 heterocycles. The SMILES string of the molecule is CCOC(C)n1cc(C2CCN(CCOc3ccc(C(=O)O)cc3)CC2)c2ccccc21. The Labute approximate surface area is 189 Å². The van der Waals surface area contributed by atoms with Crippen molar-refractivity contribution in [2.24, 2.45) is 0 Å². The van der Waals surface area contributed by atoms with Gasteiger partial charge in [-0.2, -0.15) is 0 Å². The predicted octanol–water partition coefficient (Wildman–Crippen LogP) is 5.15. The van der Waals surface area contributed by atoms with Crippen molar-refractivity contribution in [2.45, 2.75) is 38.8 Å². The lowest BCUT2D eigenvalue weighted by Gasteiger charge is -2.31. The van der Waals surface area contributed by atoms with E-state index >= 15 is 0 Å². The summed E-state index contributed by atoms with van der Waals surface area (Å²) >= 11 is 0. The second kappa shape index (κ2) is 10.2. The van der Waals surface area contributed by atoms with Crippen LogP contribution in [0.2, 0.25) is 0 Å². The lowest BCUT2D eigenvalue weighted by Crippen LogP contribution is -2.35. The van der Waals surface area contributed by atoms with Crippen molar-refractivity contribution in [3.63, 3.8) is 0 Å². The number of piperidine rings is 1. The Bertz CT molecular complexity index is 1040. The first kappa shape index (κ1) is 22.4. The lowest BCUT2D eigenvalue weighted by atomic mass is 9.89. The third kappa shape index (κ3) is 4.97. The van der Waals surface area contributed by atoms with E-state index in [1.807, 2.05) is 6.92 Å². The van der Waals surface area contributed by atoms with Gasteiger partial charge in [0.25, 0.3) is 0 Å². The van der Waals surface area contributed by atoms with Gasteiger partial charge in [-0.25, -0.2) is 4.79 Å². The third-order valence-electron chi connectivity index (χ3n) is 6.38. The number of nitrogens with zero attached hydrogens (tertiary/aromatic N) is 2. The number of likely N-dealkylation sites (tertiary alicyclic amines) is 1. The molecule has 1 unspecified atom stereocenters. The molecule has 1 N–H and O–H groups in total. The first-order valence-electron chi connectivity index (χ1n) is 11.5. The lowest BCUT2D eigenvalue weighted by molar-refractivity contribution is 0.0278. The minimum Gasteiger partial charge on any atom is -0.492 e. The van der Waals surface area contributed by atoms with Crippen LogP contribution in [0.1, 0.15) is 54.8 Å². The van der Waals surface area contributed by atoms with Crippen LogP contribution in [-0.2, 0) is 4.74 Å². The molecule has 0 aliphatic carbocycles. The molecule has 6 nitrogen and oxygen atoms in total. The number of aromatic nitrogens is 1. The molecule has 1 aliphatic rings. The molecule has 4 rings (SSSR count). The Morgan fingerprint density at radius 2 is 1.84 bits per heavy atom. The highest BCUT2D eigenvalue weighted by atomic mass is 16.5. The summed E-state index contributed by atoms with van der Waals surface area (Å²) in [4.78, 5) is 13.4. The second-order valence-electron chi connectivity index (χ2n) is 8.36. The largest absolute Gasteiger partial charge is 0.492 e. The summed E-state index contributed by atoms with van der Waals surface area (Å²) in [6.07, 6.45) is 4.59. The fourth-order valence-electron chi connectivity index (χ4n) is 4.63. The summed E-state index contributed by atoms with van der Waals surface area (Å²) in [5.74, 6) is 0.340. The van der Waals surface area contributed by atoms with Crippen LogP contribution in [0.4, 0.5) is 0 Å².